The monoisotopic (exact) mass is 776 g/mol. The molecule has 0 aliphatic heterocycles. The summed E-state index contributed by atoms with van der Waals surface area (Å²) in [5.41, 5.74) is 22.3. The topological polar surface area (TPSA) is 24.1 Å². The van der Waals surface area contributed by atoms with Crippen LogP contribution in [0.15, 0.2) is 182 Å². The van der Waals surface area contributed by atoms with Crippen LogP contribution in [-0.2, 0) is 22.7 Å². The molecule has 0 saturated carbocycles. The molecule has 60 heavy (non-hydrogen) atoms. The Morgan fingerprint density at radius 1 is 0.400 bits per heavy atom. The second-order valence-corrected chi connectivity index (χ2v) is 18.8. The molecular formula is C58H52N2. The summed E-state index contributed by atoms with van der Waals surface area (Å²) in [7, 11) is 0. The zero-order valence-corrected chi connectivity index (χ0v) is 35.5. The minimum atomic E-state index is -0.428. The average Bonchev–Trinajstić information content (AvgIpc) is 3.78. The molecule has 0 bridgehead atoms. The fourth-order valence-electron chi connectivity index (χ4n) is 9.75. The second kappa shape index (κ2) is 14.3. The normalized spacial score (nSPS) is 13.6. The lowest BCUT2D eigenvalue weighted by atomic mass is 9.67. The fraction of sp³-hybridized carbons (Fsp3) is 0.172. The Balaban J connectivity index is 1.07. The molecule has 8 aromatic rings. The number of fused-ring (bicyclic) bond motifs is 6. The van der Waals surface area contributed by atoms with E-state index in [-0.39, 0.29) is 10.8 Å². The highest BCUT2D eigenvalue weighted by Crippen LogP contribution is 2.56. The summed E-state index contributed by atoms with van der Waals surface area (Å²) in [6, 6.07) is 67.8. The maximum Gasteiger partial charge on any atom is 0.0713 e. The molecule has 0 heterocycles. The first-order valence-electron chi connectivity index (χ1n) is 21.4. The van der Waals surface area contributed by atoms with E-state index in [1.807, 2.05) is 0 Å². The van der Waals surface area contributed by atoms with Gasteiger partial charge in [0.1, 0.15) is 0 Å². The molecule has 10 rings (SSSR count). The third-order valence-electron chi connectivity index (χ3n) is 12.9. The Kier molecular flexibility index (Phi) is 8.95. The van der Waals surface area contributed by atoms with E-state index in [0.717, 1.165) is 23.5 Å². The first-order chi connectivity index (χ1) is 29.0. The van der Waals surface area contributed by atoms with Crippen molar-refractivity contribution in [3.05, 3.63) is 226 Å². The van der Waals surface area contributed by atoms with E-state index >= 15 is 0 Å². The van der Waals surface area contributed by atoms with E-state index in [1.54, 1.807) is 0 Å². The highest BCUT2D eigenvalue weighted by atomic mass is 14.9. The molecule has 0 atom stereocenters. The maximum atomic E-state index is 3.97. The van der Waals surface area contributed by atoms with E-state index in [1.165, 1.54) is 83.6 Å². The van der Waals surface area contributed by atoms with E-state index in [9.17, 15) is 0 Å². The van der Waals surface area contributed by atoms with Crippen LogP contribution in [0.3, 0.4) is 0 Å². The lowest BCUT2D eigenvalue weighted by molar-refractivity contribution is 0.590. The largest absolute Gasteiger partial charge is 0.356 e. The van der Waals surface area contributed by atoms with Gasteiger partial charge in [-0.15, -0.1) is 0 Å². The first kappa shape index (κ1) is 37.6. The summed E-state index contributed by atoms with van der Waals surface area (Å²) in [6.07, 6.45) is 0.865. The molecule has 2 N–H and O–H groups in total. The van der Waals surface area contributed by atoms with Crippen molar-refractivity contribution in [3.63, 3.8) is 0 Å². The smallest absolute Gasteiger partial charge is 0.0713 e. The van der Waals surface area contributed by atoms with Crippen molar-refractivity contribution in [3.8, 4) is 33.4 Å². The Bertz CT molecular complexity index is 2820. The van der Waals surface area contributed by atoms with Crippen LogP contribution < -0.4 is 10.6 Å². The molecule has 8 aromatic carbocycles. The lowest BCUT2D eigenvalue weighted by Gasteiger charge is -2.34. The molecular weight excluding hydrogens is 725 g/mol. The Morgan fingerprint density at radius 2 is 0.900 bits per heavy atom. The third kappa shape index (κ3) is 6.34. The van der Waals surface area contributed by atoms with Crippen molar-refractivity contribution in [1.82, 2.24) is 0 Å². The van der Waals surface area contributed by atoms with Crippen molar-refractivity contribution in [1.29, 1.82) is 0 Å². The number of hydrogen-bond donors (Lipinski definition) is 2. The van der Waals surface area contributed by atoms with Crippen LogP contribution in [0.1, 0.15) is 86.1 Å². The van der Waals surface area contributed by atoms with Gasteiger partial charge in [0.2, 0.25) is 0 Å². The van der Waals surface area contributed by atoms with Gasteiger partial charge < -0.3 is 10.6 Å². The zero-order chi connectivity index (χ0) is 41.2. The molecule has 0 aromatic heterocycles. The maximum absolute atomic E-state index is 3.97. The number of hydrogen-bond acceptors (Lipinski definition) is 2. The van der Waals surface area contributed by atoms with Crippen LogP contribution in [0, 0.1) is 0 Å². The molecule has 0 amide bonds. The van der Waals surface area contributed by atoms with Crippen LogP contribution in [0.25, 0.3) is 33.4 Å². The van der Waals surface area contributed by atoms with Crippen molar-refractivity contribution in [2.75, 3.05) is 10.6 Å². The first-order valence-corrected chi connectivity index (χ1v) is 21.4. The molecule has 0 radical (unpaired) electrons. The van der Waals surface area contributed by atoms with Gasteiger partial charge >= 0.3 is 0 Å². The summed E-state index contributed by atoms with van der Waals surface area (Å²) in [6.45, 7) is 13.6. The van der Waals surface area contributed by atoms with Crippen LogP contribution in [0.2, 0.25) is 0 Å². The molecule has 2 nitrogen and oxygen atoms in total. The van der Waals surface area contributed by atoms with Gasteiger partial charge in [-0.05, 0) is 120 Å². The summed E-state index contributed by atoms with van der Waals surface area (Å²) in [4.78, 5) is 0. The van der Waals surface area contributed by atoms with Gasteiger partial charge in [-0.1, -0.05) is 187 Å². The molecule has 0 spiro atoms. The SMILES string of the molecule is CC(C)(C)c1ccc(Nc2ccc3c(c2)-c2ccc(-c4ccc(C5(c6ccccc6)c6ccccc6-c6ccccc65)cc4)c(Nc4ccc(C(C)(C)C)cc4)c2C3)cc1. The van der Waals surface area contributed by atoms with Crippen molar-refractivity contribution < 1.29 is 0 Å². The predicted molar refractivity (Wildman–Crippen MR) is 254 cm³/mol. The number of nitrogens with one attached hydrogen (secondary N) is 2. The quantitative estimate of drug-likeness (QED) is 0.168. The number of benzene rings is 8. The van der Waals surface area contributed by atoms with Gasteiger partial charge in [0.15, 0.2) is 0 Å². The van der Waals surface area contributed by atoms with Crippen LogP contribution in [0.5, 0.6) is 0 Å². The summed E-state index contributed by atoms with van der Waals surface area (Å²) < 4.78 is 0. The molecule has 0 unspecified atom stereocenters. The third-order valence-corrected chi connectivity index (χ3v) is 12.9. The highest BCUT2D eigenvalue weighted by Gasteiger charge is 2.45. The van der Waals surface area contributed by atoms with Crippen molar-refractivity contribution in [2.45, 2.75) is 64.2 Å². The van der Waals surface area contributed by atoms with Crippen molar-refractivity contribution >= 4 is 22.7 Å². The summed E-state index contributed by atoms with van der Waals surface area (Å²) in [5.74, 6) is 0. The lowest BCUT2D eigenvalue weighted by Crippen LogP contribution is -2.28. The van der Waals surface area contributed by atoms with E-state index in [4.69, 9.17) is 0 Å². The highest BCUT2D eigenvalue weighted by molar-refractivity contribution is 5.94. The molecule has 2 heteroatoms. The molecule has 2 aliphatic rings. The molecule has 0 saturated heterocycles. The summed E-state index contributed by atoms with van der Waals surface area (Å²) >= 11 is 0. The number of anilines is 4. The Morgan fingerprint density at radius 3 is 1.48 bits per heavy atom. The van der Waals surface area contributed by atoms with E-state index in [0.29, 0.717) is 0 Å². The minimum absolute atomic E-state index is 0.0822. The van der Waals surface area contributed by atoms with Gasteiger partial charge in [-0.25, -0.2) is 0 Å². The van der Waals surface area contributed by atoms with E-state index < -0.39 is 5.41 Å². The minimum Gasteiger partial charge on any atom is -0.356 e. The van der Waals surface area contributed by atoms with Gasteiger partial charge in [0.25, 0.3) is 0 Å². The standard InChI is InChI=1S/C58H52N2/c1-56(2,3)40-25-30-44(31-26-40)59-46-29-22-39-36-52-48(51(39)37-46)35-34-47(55(52)60-45-32-27-41(28-33-45)57(4,5)6)38-20-23-43(24-21-38)58(42-14-8-7-9-15-42)53-18-12-10-16-49(53)50-17-11-13-19-54(50)58/h7-35,37,59-60H,36H2,1-6H3. The molecule has 294 valence electrons. The van der Waals surface area contributed by atoms with Crippen molar-refractivity contribution in [2.24, 2.45) is 0 Å². The molecule has 2 aliphatic carbocycles. The van der Waals surface area contributed by atoms with Gasteiger partial charge in [0.05, 0.1) is 11.1 Å². The van der Waals surface area contributed by atoms with Crippen LogP contribution >= 0.6 is 0 Å². The molecule has 0 fully saturated rings. The Hall–Kier alpha value is -6.64. The average molecular weight is 777 g/mol. The number of rotatable bonds is 7. The van der Waals surface area contributed by atoms with Crippen LogP contribution in [-0.4, -0.2) is 0 Å². The summed E-state index contributed by atoms with van der Waals surface area (Å²) in [5, 5.41) is 7.66. The van der Waals surface area contributed by atoms with Gasteiger partial charge in [0, 0.05) is 29.0 Å². The van der Waals surface area contributed by atoms with Crippen LogP contribution in [0.4, 0.5) is 22.7 Å². The zero-order valence-electron chi connectivity index (χ0n) is 35.5. The predicted octanol–water partition coefficient (Wildman–Crippen LogP) is 15.4. The van der Waals surface area contributed by atoms with Gasteiger partial charge in [-0.3, -0.25) is 0 Å². The van der Waals surface area contributed by atoms with Gasteiger partial charge in [-0.2, -0.15) is 0 Å². The Labute approximate surface area is 356 Å². The van der Waals surface area contributed by atoms with E-state index in [2.05, 4.69) is 234 Å². The fourth-order valence-corrected chi connectivity index (χ4v) is 9.75. The second-order valence-electron chi connectivity index (χ2n) is 18.8.